The molecule has 2 aromatic rings. The number of hydrogen-bond donors (Lipinski definition) is 1. The molecule has 7 heteroatoms. The van der Waals surface area contributed by atoms with Crippen LogP contribution < -0.4 is 5.73 Å². The van der Waals surface area contributed by atoms with Crippen LogP contribution in [0.2, 0.25) is 0 Å². The summed E-state index contributed by atoms with van der Waals surface area (Å²) in [5, 5.41) is 3.67. The van der Waals surface area contributed by atoms with Gasteiger partial charge in [0.2, 0.25) is 10.0 Å². The minimum absolute atomic E-state index is 0.170. The minimum atomic E-state index is -3.65. The van der Waals surface area contributed by atoms with E-state index >= 15 is 0 Å². The normalized spacial score (nSPS) is 23.0. The fourth-order valence-corrected chi connectivity index (χ4v) is 5.21. The SMILES string of the molecule is CC1CCCN(S(=O)(=O)c2ccccc2-c2ccno2)C1CN. The summed E-state index contributed by atoms with van der Waals surface area (Å²) in [7, 11) is -3.65. The van der Waals surface area contributed by atoms with Gasteiger partial charge in [-0.25, -0.2) is 8.42 Å². The van der Waals surface area contributed by atoms with Gasteiger partial charge in [-0.15, -0.1) is 0 Å². The third kappa shape index (κ3) is 2.91. The predicted octanol–water partition coefficient (Wildman–Crippen LogP) is 2.09. The Labute approximate surface area is 136 Å². The van der Waals surface area contributed by atoms with E-state index in [4.69, 9.17) is 10.3 Å². The molecule has 3 rings (SSSR count). The Balaban J connectivity index is 2.07. The molecule has 0 saturated carbocycles. The number of aromatic nitrogens is 1. The van der Waals surface area contributed by atoms with Crippen molar-refractivity contribution in [3.63, 3.8) is 0 Å². The van der Waals surface area contributed by atoms with Crippen molar-refractivity contribution in [1.82, 2.24) is 9.46 Å². The van der Waals surface area contributed by atoms with Crippen LogP contribution in [0.4, 0.5) is 0 Å². The molecule has 0 aliphatic carbocycles. The Morgan fingerprint density at radius 1 is 1.35 bits per heavy atom. The van der Waals surface area contributed by atoms with E-state index in [1.54, 1.807) is 34.6 Å². The van der Waals surface area contributed by atoms with Crippen LogP contribution in [0.25, 0.3) is 11.3 Å². The largest absolute Gasteiger partial charge is 0.356 e. The van der Waals surface area contributed by atoms with Crippen LogP contribution in [0.15, 0.2) is 45.9 Å². The zero-order valence-corrected chi connectivity index (χ0v) is 13.9. The molecule has 1 aromatic carbocycles. The van der Waals surface area contributed by atoms with Gasteiger partial charge < -0.3 is 10.3 Å². The van der Waals surface area contributed by atoms with Crippen LogP contribution in [-0.2, 0) is 10.0 Å². The molecule has 0 bridgehead atoms. The zero-order valence-electron chi connectivity index (χ0n) is 13.1. The molecule has 0 spiro atoms. The standard InChI is InChI=1S/C16H21N3O3S/c1-12-5-4-10-19(14(12)11-17)23(20,21)16-7-3-2-6-13(16)15-8-9-18-22-15/h2-3,6-9,12,14H,4-5,10-11,17H2,1H3. The molecule has 0 amide bonds. The average Bonchev–Trinajstić information content (AvgIpc) is 3.09. The lowest BCUT2D eigenvalue weighted by molar-refractivity contribution is 0.192. The Bertz CT molecular complexity index is 759. The lowest BCUT2D eigenvalue weighted by Gasteiger charge is -2.38. The zero-order chi connectivity index (χ0) is 16.4. The third-order valence-electron chi connectivity index (χ3n) is 4.48. The highest BCUT2D eigenvalue weighted by atomic mass is 32.2. The molecular formula is C16H21N3O3S. The summed E-state index contributed by atoms with van der Waals surface area (Å²) < 4.78 is 33.2. The van der Waals surface area contributed by atoms with Crippen molar-refractivity contribution in [1.29, 1.82) is 0 Å². The number of benzene rings is 1. The van der Waals surface area contributed by atoms with Crippen molar-refractivity contribution in [3.8, 4) is 11.3 Å². The van der Waals surface area contributed by atoms with Crippen molar-refractivity contribution in [2.45, 2.75) is 30.7 Å². The van der Waals surface area contributed by atoms with Crippen LogP contribution in [0.3, 0.4) is 0 Å². The maximum absolute atomic E-state index is 13.2. The molecule has 2 heterocycles. The van der Waals surface area contributed by atoms with Crippen LogP contribution in [0, 0.1) is 5.92 Å². The first-order valence-electron chi connectivity index (χ1n) is 7.77. The van der Waals surface area contributed by atoms with E-state index < -0.39 is 10.0 Å². The first kappa shape index (κ1) is 16.2. The Morgan fingerprint density at radius 2 is 2.13 bits per heavy atom. The topological polar surface area (TPSA) is 89.4 Å². The molecule has 1 saturated heterocycles. The first-order valence-corrected chi connectivity index (χ1v) is 9.21. The van der Waals surface area contributed by atoms with Crippen LogP contribution in [0.1, 0.15) is 19.8 Å². The monoisotopic (exact) mass is 335 g/mol. The average molecular weight is 335 g/mol. The summed E-state index contributed by atoms with van der Waals surface area (Å²) >= 11 is 0. The van der Waals surface area contributed by atoms with Gasteiger partial charge in [0.15, 0.2) is 5.76 Å². The van der Waals surface area contributed by atoms with Crippen molar-refractivity contribution in [2.24, 2.45) is 11.7 Å². The van der Waals surface area contributed by atoms with Crippen LogP contribution >= 0.6 is 0 Å². The summed E-state index contributed by atoms with van der Waals surface area (Å²) in [6.07, 6.45) is 3.35. The number of nitrogens with two attached hydrogens (primary N) is 1. The van der Waals surface area contributed by atoms with Gasteiger partial charge in [0.25, 0.3) is 0 Å². The third-order valence-corrected chi connectivity index (χ3v) is 6.47. The second-order valence-corrected chi connectivity index (χ2v) is 7.77. The molecule has 2 N–H and O–H groups in total. The second kappa shape index (κ2) is 6.43. The molecular weight excluding hydrogens is 314 g/mol. The molecule has 1 aromatic heterocycles. The van der Waals surface area contributed by atoms with E-state index in [1.165, 1.54) is 6.20 Å². The Hall–Kier alpha value is -1.70. The maximum Gasteiger partial charge on any atom is 0.244 e. The molecule has 124 valence electrons. The van der Waals surface area contributed by atoms with Gasteiger partial charge in [-0.05, 0) is 30.9 Å². The van der Waals surface area contributed by atoms with Crippen molar-refractivity contribution in [3.05, 3.63) is 36.5 Å². The summed E-state index contributed by atoms with van der Waals surface area (Å²) in [6, 6.07) is 8.34. The van der Waals surface area contributed by atoms with Crippen LogP contribution in [-0.4, -0.2) is 37.0 Å². The lowest BCUT2D eigenvalue weighted by Crippen LogP contribution is -2.51. The minimum Gasteiger partial charge on any atom is -0.356 e. The number of nitrogens with zero attached hydrogens (tertiary/aromatic N) is 2. The number of hydrogen-bond acceptors (Lipinski definition) is 5. The summed E-state index contributed by atoms with van der Waals surface area (Å²) in [6.45, 7) is 2.88. The maximum atomic E-state index is 13.2. The molecule has 0 radical (unpaired) electrons. The quantitative estimate of drug-likeness (QED) is 0.924. The predicted molar refractivity (Wildman–Crippen MR) is 87.1 cm³/mol. The van der Waals surface area contributed by atoms with Crippen LogP contribution in [0.5, 0.6) is 0 Å². The summed E-state index contributed by atoms with van der Waals surface area (Å²) in [5.41, 5.74) is 6.38. The number of piperidine rings is 1. The van der Waals surface area contributed by atoms with E-state index in [0.29, 0.717) is 24.4 Å². The highest BCUT2D eigenvalue weighted by molar-refractivity contribution is 7.89. The fourth-order valence-electron chi connectivity index (χ4n) is 3.24. The fraction of sp³-hybridized carbons (Fsp3) is 0.438. The highest BCUT2D eigenvalue weighted by Crippen LogP contribution is 2.33. The highest BCUT2D eigenvalue weighted by Gasteiger charge is 2.37. The van der Waals surface area contributed by atoms with Crippen molar-refractivity contribution >= 4 is 10.0 Å². The van der Waals surface area contributed by atoms with Gasteiger partial charge in [0, 0.05) is 30.8 Å². The summed E-state index contributed by atoms with van der Waals surface area (Å²) in [4.78, 5) is 0.240. The molecule has 1 aliphatic rings. The second-order valence-electron chi connectivity index (χ2n) is 5.91. The van der Waals surface area contributed by atoms with E-state index in [-0.39, 0.29) is 16.9 Å². The number of rotatable bonds is 4. The van der Waals surface area contributed by atoms with Gasteiger partial charge in [-0.3, -0.25) is 0 Å². The molecule has 1 fully saturated rings. The number of sulfonamides is 1. The van der Waals surface area contributed by atoms with Crippen molar-refractivity contribution < 1.29 is 12.9 Å². The van der Waals surface area contributed by atoms with E-state index in [2.05, 4.69) is 12.1 Å². The van der Waals surface area contributed by atoms with E-state index in [1.807, 2.05) is 0 Å². The Kier molecular flexibility index (Phi) is 4.52. The van der Waals surface area contributed by atoms with Crippen molar-refractivity contribution in [2.75, 3.05) is 13.1 Å². The smallest absolute Gasteiger partial charge is 0.244 e. The molecule has 23 heavy (non-hydrogen) atoms. The molecule has 2 unspecified atom stereocenters. The van der Waals surface area contributed by atoms with E-state index in [0.717, 1.165) is 12.8 Å². The van der Waals surface area contributed by atoms with Gasteiger partial charge in [0.05, 0.1) is 11.1 Å². The molecule has 1 aliphatic heterocycles. The Morgan fingerprint density at radius 3 is 2.83 bits per heavy atom. The lowest BCUT2D eigenvalue weighted by atomic mass is 9.93. The van der Waals surface area contributed by atoms with Gasteiger partial charge >= 0.3 is 0 Å². The molecule has 2 atom stereocenters. The summed E-state index contributed by atoms with van der Waals surface area (Å²) in [5.74, 6) is 0.694. The first-order chi connectivity index (χ1) is 11.1. The van der Waals surface area contributed by atoms with Gasteiger partial charge in [-0.1, -0.05) is 24.2 Å². The molecule has 6 nitrogen and oxygen atoms in total. The van der Waals surface area contributed by atoms with Gasteiger partial charge in [0.1, 0.15) is 0 Å². The van der Waals surface area contributed by atoms with Gasteiger partial charge in [-0.2, -0.15) is 4.31 Å². The van der Waals surface area contributed by atoms with E-state index in [9.17, 15) is 8.42 Å².